The van der Waals surface area contributed by atoms with E-state index in [9.17, 15) is 0 Å². The molecule has 25 heavy (non-hydrogen) atoms. The molecule has 0 bridgehead atoms. The molecule has 1 aromatic carbocycles. The first kappa shape index (κ1) is 15.8. The lowest BCUT2D eigenvalue weighted by molar-refractivity contribution is 0.811. The molecular weight excluding hydrogens is 330 g/mol. The molecule has 0 saturated carbocycles. The lowest BCUT2D eigenvalue weighted by Crippen LogP contribution is -1.97. The van der Waals surface area contributed by atoms with Crippen molar-refractivity contribution in [1.29, 1.82) is 0 Å². The SMILES string of the molecule is Cc1ccc(C)c(CSc2nnc3ccc(-c4ccccn4)nn23)c1. The highest BCUT2D eigenvalue weighted by molar-refractivity contribution is 7.98. The highest BCUT2D eigenvalue weighted by Crippen LogP contribution is 2.24. The maximum Gasteiger partial charge on any atom is 0.212 e. The van der Waals surface area contributed by atoms with Crippen molar-refractivity contribution in [2.45, 2.75) is 24.8 Å². The third kappa shape index (κ3) is 3.25. The molecule has 0 aliphatic carbocycles. The van der Waals surface area contributed by atoms with Crippen LogP contribution in [-0.4, -0.2) is 24.8 Å². The summed E-state index contributed by atoms with van der Waals surface area (Å²) in [7, 11) is 0. The fourth-order valence-electron chi connectivity index (χ4n) is 2.61. The average molecular weight is 347 g/mol. The van der Waals surface area contributed by atoms with Gasteiger partial charge in [-0.15, -0.1) is 10.2 Å². The third-order valence-electron chi connectivity index (χ3n) is 4.02. The van der Waals surface area contributed by atoms with Gasteiger partial charge in [-0.25, -0.2) is 0 Å². The van der Waals surface area contributed by atoms with Gasteiger partial charge in [0.1, 0.15) is 5.69 Å². The van der Waals surface area contributed by atoms with Crippen molar-refractivity contribution in [3.05, 3.63) is 71.4 Å². The predicted octanol–water partition coefficient (Wildman–Crippen LogP) is 4.10. The van der Waals surface area contributed by atoms with Gasteiger partial charge in [-0.2, -0.15) is 9.61 Å². The monoisotopic (exact) mass is 347 g/mol. The van der Waals surface area contributed by atoms with Gasteiger partial charge in [0.25, 0.3) is 0 Å². The number of aryl methyl sites for hydroxylation is 2. The van der Waals surface area contributed by atoms with Crippen LogP contribution in [0.4, 0.5) is 0 Å². The fraction of sp³-hybridized carbons (Fsp3) is 0.158. The Labute approximate surface area is 150 Å². The second kappa shape index (κ2) is 6.64. The molecule has 3 heterocycles. The number of benzene rings is 1. The Morgan fingerprint density at radius 1 is 0.960 bits per heavy atom. The molecule has 0 saturated heterocycles. The van der Waals surface area contributed by atoms with Gasteiger partial charge in [-0.3, -0.25) is 4.98 Å². The number of hydrogen-bond acceptors (Lipinski definition) is 5. The first-order valence-corrected chi connectivity index (χ1v) is 9.02. The molecule has 0 aliphatic heterocycles. The Balaban J connectivity index is 1.65. The molecule has 0 spiro atoms. The Morgan fingerprint density at radius 3 is 2.72 bits per heavy atom. The zero-order valence-corrected chi connectivity index (χ0v) is 14.9. The number of pyridine rings is 1. The molecule has 4 aromatic rings. The van der Waals surface area contributed by atoms with Gasteiger partial charge in [0, 0.05) is 11.9 Å². The normalized spacial score (nSPS) is 11.1. The molecule has 3 aromatic heterocycles. The zero-order chi connectivity index (χ0) is 17.2. The van der Waals surface area contributed by atoms with Crippen LogP contribution in [0.25, 0.3) is 17.0 Å². The highest BCUT2D eigenvalue weighted by Gasteiger charge is 2.11. The van der Waals surface area contributed by atoms with Crippen LogP contribution in [-0.2, 0) is 5.75 Å². The number of thioether (sulfide) groups is 1. The molecule has 0 radical (unpaired) electrons. The number of nitrogens with zero attached hydrogens (tertiary/aromatic N) is 5. The van der Waals surface area contributed by atoms with E-state index in [2.05, 4.69) is 52.3 Å². The quantitative estimate of drug-likeness (QED) is 0.520. The van der Waals surface area contributed by atoms with Gasteiger partial charge in [0.15, 0.2) is 5.65 Å². The largest absolute Gasteiger partial charge is 0.255 e. The molecule has 0 N–H and O–H groups in total. The maximum atomic E-state index is 4.67. The first-order chi connectivity index (χ1) is 12.2. The van der Waals surface area contributed by atoms with Crippen LogP contribution in [0.1, 0.15) is 16.7 Å². The van der Waals surface area contributed by atoms with Gasteiger partial charge >= 0.3 is 0 Å². The summed E-state index contributed by atoms with van der Waals surface area (Å²) in [5.74, 6) is 0.837. The van der Waals surface area contributed by atoms with Crippen LogP contribution in [0.3, 0.4) is 0 Å². The number of hydrogen-bond donors (Lipinski definition) is 0. The number of fused-ring (bicyclic) bond motifs is 1. The highest BCUT2D eigenvalue weighted by atomic mass is 32.2. The average Bonchev–Trinajstić information content (AvgIpc) is 3.05. The summed E-state index contributed by atoms with van der Waals surface area (Å²) in [6, 6.07) is 16.2. The van der Waals surface area contributed by atoms with Gasteiger partial charge in [0.05, 0.1) is 5.69 Å². The second-order valence-electron chi connectivity index (χ2n) is 5.90. The zero-order valence-electron chi connectivity index (χ0n) is 14.0. The Morgan fingerprint density at radius 2 is 1.88 bits per heavy atom. The maximum absolute atomic E-state index is 4.67. The number of rotatable bonds is 4. The standard InChI is InChI=1S/C19H17N5S/c1-13-6-7-14(2)15(11-13)12-25-19-22-21-18-9-8-17(23-24(18)19)16-5-3-4-10-20-16/h3-11H,12H2,1-2H3. The molecule has 0 unspecified atom stereocenters. The predicted molar refractivity (Wildman–Crippen MR) is 99.5 cm³/mol. The van der Waals surface area contributed by atoms with Gasteiger partial charge in [-0.1, -0.05) is 41.6 Å². The van der Waals surface area contributed by atoms with Crippen molar-refractivity contribution in [1.82, 2.24) is 24.8 Å². The van der Waals surface area contributed by atoms with Gasteiger partial charge in [0.2, 0.25) is 5.16 Å². The van der Waals surface area contributed by atoms with E-state index in [0.717, 1.165) is 27.9 Å². The van der Waals surface area contributed by atoms with Crippen LogP contribution in [0, 0.1) is 13.8 Å². The van der Waals surface area contributed by atoms with Crippen molar-refractivity contribution >= 4 is 17.4 Å². The third-order valence-corrected chi connectivity index (χ3v) is 4.99. The molecule has 0 aliphatic rings. The summed E-state index contributed by atoms with van der Waals surface area (Å²) >= 11 is 1.64. The summed E-state index contributed by atoms with van der Waals surface area (Å²) in [4.78, 5) is 4.36. The number of aromatic nitrogens is 5. The Bertz CT molecular complexity index is 1030. The summed E-state index contributed by atoms with van der Waals surface area (Å²) < 4.78 is 1.79. The summed E-state index contributed by atoms with van der Waals surface area (Å²) in [6.45, 7) is 4.25. The molecule has 4 rings (SSSR count). The first-order valence-electron chi connectivity index (χ1n) is 8.03. The molecule has 6 heteroatoms. The van der Waals surface area contributed by atoms with Gasteiger partial charge in [-0.05, 0) is 49.2 Å². The van der Waals surface area contributed by atoms with Crippen LogP contribution >= 0.6 is 11.8 Å². The molecule has 0 fully saturated rings. The van der Waals surface area contributed by atoms with Crippen LogP contribution in [0.2, 0.25) is 0 Å². The minimum Gasteiger partial charge on any atom is -0.255 e. The van der Waals surface area contributed by atoms with Crippen LogP contribution in [0.15, 0.2) is 59.9 Å². The van der Waals surface area contributed by atoms with Crippen LogP contribution in [0.5, 0.6) is 0 Å². The minimum atomic E-state index is 0.739. The van der Waals surface area contributed by atoms with E-state index in [1.54, 1.807) is 22.5 Å². The topological polar surface area (TPSA) is 56.0 Å². The minimum absolute atomic E-state index is 0.739. The fourth-order valence-corrected chi connectivity index (χ4v) is 3.56. The molecule has 0 atom stereocenters. The summed E-state index contributed by atoms with van der Waals surface area (Å²) in [6.07, 6.45) is 1.77. The summed E-state index contributed by atoms with van der Waals surface area (Å²) in [5.41, 5.74) is 6.24. The molecule has 124 valence electrons. The van der Waals surface area contributed by atoms with E-state index < -0.39 is 0 Å². The van der Waals surface area contributed by atoms with Crippen LogP contribution < -0.4 is 0 Å². The lowest BCUT2D eigenvalue weighted by atomic mass is 10.1. The van der Waals surface area contributed by atoms with Crippen molar-refractivity contribution in [2.75, 3.05) is 0 Å². The van der Waals surface area contributed by atoms with Gasteiger partial charge < -0.3 is 0 Å². The van der Waals surface area contributed by atoms with E-state index in [1.807, 2.05) is 30.3 Å². The van der Waals surface area contributed by atoms with E-state index >= 15 is 0 Å². The Kier molecular flexibility index (Phi) is 4.19. The molecule has 5 nitrogen and oxygen atoms in total. The summed E-state index contributed by atoms with van der Waals surface area (Å²) in [5, 5.41) is 14.0. The van der Waals surface area contributed by atoms with E-state index in [0.29, 0.717) is 0 Å². The van der Waals surface area contributed by atoms with Crippen molar-refractivity contribution in [3.63, 3.8) is 0 Å². The van der Waals surface area contributed by atoms with Crippen molar-refractivity contribution in [3.8, 4) is 11.4 Å². The molecular formula is C19H17N5S. The lowest BCUT2D eigenvalue weighted by Gasteiger charge is -2.06. The van der Waals surface area contributed by atoms with E-state index in [4.69, 9.17) is 0 Å². The van der Waals surface area contributed by atoms with Crippen molar-refractivity contribution in [2.24, 2.45) is 0 Å². The Hall–Kier alpha value is -2.73. The van der Waals surface area contributed by atoms with E-state index in [-0.39, 0.29) is 0 Å². The molecule has 0 amide bonds. The van der Waals surface area contributed by atoms with Crippen molar-refractivity contribution < 1.29 is 0 Å². The van der Waals surface area contributed by atoms with E-state index in [1.165, 1.54) is 16.7 Å². The smallest absolute Gasteiger partial charge is 0.212 e. The second-order valence-corrected chi connectivity index (χ2v) is 6.85.